The van der Waals surface area contributed by atoms with Crippen molar-refractivity contribution in [2.45, 2.75) is 65.4 Å². The lowest BCUT2D eigenvalue weighted by atomic mass is 9.99. The third-order valence-electron chi connectivity index (χ3n) is 4.31. The summed E-state index contributed by atoms with van der Waals surface area (Å²) < 4.78 is 0.492. The summed E-state index contributed by atoms with van der Waals surface area (Å²) in [6, 6.07) is 0. The minimum atomic E-state index is -0.532. The summed E-state index contributed by atoms with van der Waals surface area (Å²) in [4.78, 5) is 0. The Morgan fingerprint density at radius 1 is 0.933 bits per heavy atom. The molecule has 1 atom stereocenters. The topological polar surface area (TPSA) is 0 Å². The molecule has 0 N–H and O–H groups in total. The van der Waals surface area contributed by atoms with Crippen molar-refractivity contribution in [2.75, 3.05) is 12.0 Å². The van der Waals surface area contributed by atoms with Crippen molar-refractivity contribution in [1.29, 1.82) is 0 Å². The van der Waals surface area contributed by atoms with E-state index in [9.17, 15) is 0 Å². The van der Waals surface area contributed by atoms with E-state index in [4.69, 9.17) is 0 Å². The molecule has 94 valence electrons. The molecule has 0 aromatic carbocycles. The van der Waals surface area contributed by atoms with E-state index in [0.29, 0.717) is 4.75 Å². The van der Waals surface area contributed by atoms with Gasteiger partial charge in [-0.05, 0) is 33.8 Å². The smallest absolute Gasteiger partial charge is 0.00312 e. The Labute approximate surface area is 99.5 Å². The van der Waals surface area contributed by atoms with Gasteiger partial charge in [-0.15, -0.1) is 0 Å². The average molecular weight is 232 g/mol. The summed E-state index contributed by atoms with van der Waals surface area (Å²) in [5.74, 6) is 3.01. The molecular weight excluding hydrogens is 200 g/mol. The SMILES string of the molecule is CC(C)CS(C)(C(C)C)C(C)(C)C(C)C. The van der Waals surface area contributed by atoms with Crippen LogP contribution in [-0.4, -0.2) is 22.0 Å². The standard InChI is InChI=1S/C14H32S/c1-11(2)10-15(9,13(5)6)14(7,8)12(3)4/h11-13H,10H2,1-9H3. The predicted octanol–water partition coefficient (Wildman–Crippen LogP) is 4.92. The quantitative estimate of drug-likeness (QED) is 0.631. The molecule has 15 heavy (non-hydrogen) atoms. The third kappa shape index (κ3) is 3.15. The van der Waals surface area contributed by atoms with Crippen LogP contribution in [0.2, 0.25) is 0 Å². The van der Waals surface area contributed by atoms with Gasteiger partial charge in [-0.2, -0.15) is 0 Å². The fraction of sp³-hybridized carbons (Fsp3) is 1.00. The van der Waals surface area contributed by atoms with Crippen molar-refractivity contribution in [3.63, 3.8) is 0 Å². The van der Waals surface area contributed by atoms with Crippen LogP contribution in [0.4, 0.5) is 0 Å². The molecule has 1 heteroatoms. The normalized spacial score (nSPS) is 19.7. The minimum Gasteiger partial charge on any atom is -0.236 e. The molecule has 0 fully saturated rings. The zero-order valence-electron chi connectivity index (χ0n) is 12.3. The Balaban J connectivity index is 5.10. The van der Waals surface area contributed by atoms with E-state index in [0.717, 1.165) is 17.1 Å². The van der Waals surface area contributed by atoms with Gasteiger partial charge in [-0.3, -0.25) is 0 Å². The summed E-state index contributed by atoms with van der Waals surface area (Å²) in [6.07, 6.45) is 2.57. The lowest BCUT2D eigenvalue weighted by Gasteiger charge is -2.56. The first-order valence-corrected chi connectivity index (χ1v) is 8.57. The van der Waals surface area contributed by atoms with E-state index < -0.39 is 10.0 Å². The van der Waals surface area contributed by atoms with E-state index >= 15 is 0 Å². The van der Waals surface area contributed by atoms with Gasteiger partial charge in [0.1, 0.15) is 0 Å². The van der Waals surface area contributed by atoms with Crippen LogP contribution in [0.1, 0.15) is 55.4 Å². The summed E-state index contributed by atoms with van der Waals surface area (Å²) in [5.41, 5.74) is 0. The van der Waals surface area contributed by atoms with Gasteiger partial charge in [0, 0.05) is 0 Å². The molecule has 0 saturated carbocycles. The average Bonchev–Trinajstić information content (AvgIpc) is 2.01. The first-order valence-electron chi connectivity index (χ1n) is 6.30. The van der Waals surface area contributed by atoms with E-state index in [1.807, 2.05) is 0 Å². The van der Waals surface area contributed by atoms with Crippen molar-refractivity contribution in [3.8, 4) is 0 Å². The Morgan fingerprint density at radius 3 is 1.53 bits per heavy atom. The molecule has 0 amide bonds. The molecule has 0 aliphatic rings. The van der Waals surface area contributed by atoms with Crippen LogP contribution in [-0.2, 0) is 0 Å². The molecule has 0 heterocycles. The van der Waals surface area contributed by atoms with E-state index in [2.05, 4.69) is 61.6 Å². The Hall–Kier alpha value is 0.350. The van der Waals surface area contributed by atoms with Gasteiger partial charge in [-0.25, -0.2) is 10.0 Å². The zero-order chi connectivity index (χ0) is 12.4. The van der Waals surface area contributed by atoms with Crippen LogP contribution in [0.15, 0.2) is 0 Å². The maximum Gasteiger partial charge on any atom is -0.00312 e. The van der Waals surface area contributed by atoms with Gasteiger partial charge >= 0.3 is 0 Å². The van der Waals surface area contributed by atoms with Crippen LogP contribution < -0.4 is 0 Å². The monoisotopic (exact) mass is 232 g/mol. The molecule has 0 rings (SSSR count). The van der Waals surface area contributed by atoms with Crippen LogP contribution in [0.3, 0.4) is 0 Å². The maximum absolute atomic E-state index is 2.57. The molecule has 0 radical (unpaired) electrons. The lowest BCUT2D eigenvalue weighted by molar-refractivity contribution is 0.490. The fourth-order valence-electron chi connectivity index (χ4n) is 2.25. The maximum atomic E-state index is 2.57. The Kier molecular flexibility index (Phi) is 5.24. The molecule has 0 aromatic rings. The fourth-order valence-corrected chi connectivity index (χ4v) is 6.74. The van der Waals surface area contributed by atoms with Crippen molar-refractivity contribution >= 4 is 10.0 Å². The Morgan fingerprint density at radius 2 is 1.33 bits per heavy atom. The van der Waals surface area contributed by atoms with Crippen LogP contribution >= 0.6 is 10.0 Å². The highest BCUT2D eigenvalue weighted by molar-refractivity contribution is 8.34. The molecule has 0 aromatic heterocycles. The molecule has 0 bridgehead atoms. The molecule has 0 saturated heterocycles. The first-order chi connectivity index (χ1) is 6.55. The first kappa shape index (κ1) is 15.3. The Bertz CT molecular complexity index is 192. The second-order valence-corrected chi connectivity index (χ2v) is 11.2. The van der Waals surface area contributed by atoms with E-state index in [-0.39, 0.29) is 0 Å². The second kappa shape index (κ2) is 5.12. The van der Waals surface area contributed by atoms with Gasteiger partial charge < -0.3 is 0 Å². The lowest BCUT2D eigenvalue weighted by Crippen LogP contribution is -2.40. The summed E-state index contributed by atoms with van der Waals surface area (Å²) in [6.45, 7) is 19.3. The molecule has 0 aliphatic carbocycles. The number of hydrogen-bond donors (Lipinski definition) is 0. The van der Waals surface area contributed by atoms with Gasteiger partial charge in [0.15, 0.2) is 0 Å². The van der Waals surface area contributed by atoms with Gasteiger partial charge in [0.25, 0.3) is 0 Å². The number of hydrogen-bond acceptors (Lipinski definition) is 0. The minimum absolute atomic E-state index is 0.492. The number of rotatable bonds is 5. The second-order valence-electron chi connectivity index (χ2n) is 6.52. The van der Waals surface area contributed by atoms with Crippen LogP contribution in [0.5, 0.6) is 0 Å². The van der Waals surface area contributed by atoms with Crippen molar-refractivity contribution in [2.24, 2.45) is 11.8 Å². The molecular formula is C14H32S. The largest absolute Gasteiger partial charge is 0.236 e. The van der Waals surface area contributed by atoms with Crippen LogP contribution in [0.25, 0.3) is 0 Å². The highest BCUT2D eigenvalue weighted by Gasteiger charge is 2.40. The van der Waals surface area contributed by atoms with Crippen molar-refractivity contribution in [3.05, 3.63) is 0 Å². The van der Waals surface area contributed by atoms with Crippen LogP contribution in [0, 0.1) is 11.8 Å². The molecule has 0 nitrogen and oxygen atoms in total. The highest BCUT2D eigenvalue weighted by Crippen LogP contribution is 2.63. The summed E-state index contributed by atoms with van der Waals surface area (Å²) in [5, 5.41) is 0.831. The van der Waals surface area contributed by atoms with Gasteiger partial charge in [0.05, 0.1) is 0 Å². The van der Waals surface area contributed by atoms with E-state index in [1.165, 1.54) is 5.75 Å². The molecule has 0 aliphatic heterocycles. The van der Waals surface area contributed by atoms with E-state index in [1.54, 1.807) is 0 Å². The van der Waals surface area contributed by atoms with Gasteiger partial charge in [0.2, 0.25) is 0 Å². The third-order valence-corrected chi connectivity index (χ3v) is 10.6. The zero-order valence-corrected chi connectivity index (χ0v) is 13.2. The molecule has 0 spiro atoms. The summed E-state index contributed by atoms with van der Waals surface area (Å²) in [7, 11) is -0.532. The van der Waals surface area contributed by atoms with Gasteiger partial charge in [-0.1, -0.05) is 55.4 Å². The van der Waals surface area contributed by atoms with Crippen molar-refractivity contribution in [1.82, 2.24) is 0 Å². The molecule has 1 unspecified atom stereocenters. The predicted molar refractivity (Wildman–Crippen MR) is 77.3 cm³/mol. The highest BCUT2D eigenvalue weighted by atomic mass is 32.3. The van der Waals surface area contributed by atoms with Crippen molar-refractivity contribution < 1.29 is 0 Å². The summed E-state index contributed by atoms with van der Waals surface area (Å²) >= 11 is 0.